The van der Waals surface area contributed by atoms with Crippen LogP contribution in [0.15, 0.2) is 24.3 Å². The summed E-state index contributed by atoms with van der Waals surface area (Å²) in [4.78, 5) is 2.36. The van der Waals surface area contributed by atoms with Crippen LogP contribution in [0.4, 0.5) is 11.4 Å². The van der Waals surface area contributed by atoms with E-state index in [1.807, 2.05) is 0 Å². The first-order valence-corrected chi connectivity index (χ1v) is 6.19. The highest BCUT2D eigenvalue weighted by Crippen LogP contribution is 2.26. The van der Waals surface area contributed by atoms with Gasteiger partial charge in [-0.1, -0.05) is 12.1 Å². The van der Waals surface area contributed by atoms with Crippen LogP contribution in [-0.2, 0) is 4.74 Å². The molecule has 0 bridgehead atoms. The molecule has 4 heteroatoms. The minimum atomic E-state index is 0.289. The fraction of sp³-hybridized carbons (Fsp3) is 0.538. The number of nitrogens with one attached hydrogen (secondary N) is 1. The molecule has 4 nitrogen and oxygen atoms in total. The third-order valence-electron chi connectivity index (χ3n) is 3.01. The summed E-state index contributed by atoms with van der Waals surface area (Å²) in [6.45, 7) is 6.25. The van der Waals surface area contributed by atoms with Crippen LogP contribution < -0.4 is 16.0 Å². The van der Waals surface area contributed by atoms with Gasteiger partial charge in [-0.05, 0) is 19.1 Å². The molecule has 94 valence electrons. The number of benzene rings is 1. The summed E-state index contributed by atoms with van der Waals surface area (Å²) in [5.74, 6) is 0. The standard InChI is InChI=1S/C13H21N3O/c1-11(10-14)15-12-4-2-3-5-13(12)16-6-8-17-9-7-16/h2-5,11,15H,6-10,14H2,1H3. The fourth-order valence-corrected chi connectivity index (χ4v) is 2.00. The van der Waals surface area contributed by atoms with Crippen LogP contribution in [0.2, 0.25) is 0 Å². The van der Waals surface area contributed by atoms with Crippen molar-refractivity contribution in [2.75, 3.05) is 43.1 Å². The molecule has 1 aromatic carbocycles. The molecule has 1 heterocycles. The number of para-hydroxylation sites is 2. The molecule has 1 aliphatic rings. The number of nitrogens with two attached hydrogens (primary N) is 1. The summed E-state index contributed by atoms with van der Waals surface area (Å²) in [7, 11) is 0. The normalized spacial score (nSPS) is 17.9. The van der Waals surface area contributed by atoms with Gasteiger partial charge in [-0.3, -0.25) is 0 Å². The predicted octanol–water partition coefficient (Wildman–Crippen LogP) is 1.28. The van der Waals surface area contributed by atoms with Crippen molar-refractivity contribution in [3.63, 3.8) is 0 Å². The Morgan fingerprint density at radius 1 is 1.35 bits per heavy atom. The maximum atomic E-state index is 5.65. The molecule has 1 aromatic rings. The van der Waals surface area contributed by atoms with Crippen LogP contribution in [0.1, 0.15) is 6.92 Å². The fourth-order valence-electron chi connectivity index (χ4n) is 2.00. The molecule has 3 N–H and O–H groups in total. The van der Waals surface area contributed by atoms with Crippen molar-refractivity contribution >= 4 is 11.4 Å². The average molecular weight is 235 g/mol. The minimum absolute atomic E-state index is 0.289. The Labute approximate surface area is 103 Å². The first-order valence-electron chi connectivity index (χ1n) is 6.19. The van der Waals surface area contributed by atoms with Crippen molar-refractivity contribution in [1.82, 2.24) is 0 Å². The lowest BCUT2D eigenvalue weighted by atomic mass is 10.2. The van der Waals surface area contributed by atoms with Crippen LogP contribution in [0.5, 0.6) is 0 Å². The number of nitrogens with zero attached hydrogens (tertiary/aromatic N) is 1. The highest BCUT2D eigenvalue weighted by atomic mass is 16.5. The largest absolute Gasteiger partial charge is 0.380 e. The van der Waals surface area contributed by atoms with Crippen molar-refractivity contribution in [3.8, 4) is 0 Å². The summed E-state index contributed by atoms with van der Waals surface area (Å²) in [6.07, 6.45) is 0. The lowest BCUT2D eigenvalue weighted by molar-refractivity contribution is 0.123. The number of rotatable bonds is 4. The monoisotopic (exact) mass is 235 g/mol. The summed E-state index contributed by atoms with van der Waals surface area (Å²) < 4.78 is 5.38. The second kappa shape index (κ2) is 5.89. The van der Waals surface area contributed by atoms with Crippen LogP contribution >= 0.6 is 0 Å². The van der Waals surface area contributed by atoms with Gasteiger partial charge < -0.3 is 20.7 Å². The third-order valence-corrected chi connectivity index (χ3v) is 3.01. The Morgan fingerprint density at radius 3 is 2.76 bits per heavy atom. The summed E-state index contributed by atoms with van der Waals surface area (Å²) in [6, 6.07) is 8.67. The van der Waals surface area contributed by atoms with E-state index in [-0.39, 0.29) is 6.04 Å². The van der Waals surface area contributed by atoms with E-state index in [1.54, 1.807) is 0 Å². The van der Waals surface area contributed by atoms with Gasteiger partial charge in [0.15, 0.2) is 0 Å². The zero-order valence-electron chi connectivity index (χ0n) is 10.4. The molecule has 0 spiro atoms. The minimum Gasteiger partial charge on any atom is -0.380 e. The Balaban J connectivity index is 2.14. The zero-order chi connectivity index (χ0) is 12.1. The van der Waals surface area contributed by atoms with Gasteiger partial charge in [0, 0.05) is 25.7 Å². The van der Waals surface area contributed by atoms with Gasteiger partial charge >= 0.3 is 0 Å². The lowest BCUT2D eigenvalue weighted by Gasteiger charge is -2.31. The molecule has 1 unspecified atom stereocenters. The van der Waals surface area contributed by atoms with Crippen molar-refractivity contribution < 1.29 is 4.74 Å². The molecule has 0 amide bonds. The number of hydrogen-bond acceptors (Lipinski definition) is 4. The predicted molar refractivity (Wildman–Crippen MR) is 71.6 cm³/mol. The maximum Gasteiger partial charge on any atom is 0.0642 e. The van der Waals surface area contributed by atoms with Gasteiger partial charge in [0.25, 0.3) is 0 Å². The van der Waals surface area contributed by atoms with Crippen molar-refractivity contribution in [2.45, 2.75) is 13.0 Å². The SMILES string of the molecule is CC(CN)Nc1ccccc1N1CCOCC1. The lowest BCUT2D eigenvalue weighted by Crippen LogP contribution is -2.37. The van der Waals surface area contributed by atoms with E-state index in [0.29, 0.717) is 6.54 Å². The Bertz CT molecular complexity index is 350. The highest BCUT2D eigenvalue weighted by molar-refractivity contribution is 5.70. The van der Waals surface area contributed by atoms with E-state index >= 15 is 0 Å². The molecule has 0 saturated carbocycles. The molecule has 0 aliphatic carbocycles. The second-order valence-corrected chi connectivity index (χ2v) is 4.40. The molecule has 0 aromatic heterocycles. The number of hydrogen-bond donors (Lipinski definition) is 2. The quantitative estimate of drug-likeness (QED) is 0.825. The van der Waals surface area contributed by atoms with E-state index < -0.39 is 0 Å². The molecule has 1 atom stereocenters. The Morgan fingerprint density at radius 2 is 2.06 bits per heavy atom. The van der Waals surface area contributed by atoms with E-state index in [0.717, 1.165) is 32.0 Å². The van der Waals surface area contributed by atoms with Gasteiger partial charge in [-0.2, -0.15) is 0 Å². The first-order chi connectivity index (χ1) is 8.31. The molecule has 1 fully saturated rings. The molecule has 1 aliphatic heterocycles. The molecule has 17 heavy (non-hydrogen) atoms. The number of ether oxygens (including phenoxy) is 1. The smallest absolute Gasteiger partial charge is 0.0642 e. The van der Waals surface area contributed by atoms with Crippen molar-refractivity contribution in [1.29, 1.82) is 0 Å². The topological polar surface area (TPSA) is 50.5 Å². The Kier molecular flexibility index (Phi) is 4.23. The van der Waals surface area contributed by atoms with Gasteiger partial charge in [0.05, 0.1) is 24.6 Å². The molecule has 0 radical (unpaired) electrons. The summed E-state index contributed by atoms with van der Waals surface area (Å²) >= 11 is 0. The van der Waals surface area contributed by atoms with Gasteiger partial charge in [0.1, 0.15) is 0 Å². The molecular formula is C13H21N3O. The van der Waals surface area contributed by atoms with Crippen LogP contribution in [0, 0.1) is 0 Å². The summed E-state index contributed by atoms with van der Waals surface area (Å²) in [5, 5.41) is 3.45. The van der Waals surface area contributed by atoms with E-state index in [1.165, 1.54) is 5.69 Å². The molecule has 1 saturated heterocycles. The van der Waals surface area contributed by atoms with E-state index in [2.05, 4.69) is 41.4 Å². The van der Waals surface area contributed by atoms with E-state index in [4.69, 9.17) is 10.5 Å². The number of morpholine rings is 1. The van der Waals surface area contributed by atoms with E-state index in [9.17, 15) is 0 Å². The van der Waals surface area contributed by atoms with Crippen molar-refractivity contribution in [3.05, 3.63) is 24.3 Å². The molecule has 2 rings (SSSR count). The van der Waals surface area contributed by atoms with Crippen LogP contribution in [0.25, 0.3) is 0 Å². The first kappa shape index (κ1) is 12.2. The third kappa shape index (κ3) is 3.11. The second-order valence-electron chi connectivity index (χ2n) is 4.40. The maximum absolute atomic E-state index is 5.65. The van der Waals surface area contributed by atoms with Crippen LogP contribution in [-0.4, -0.2) is 38.9 Å². The average Bonchev–Trinajstić information content (AvgIpc) is 2.40. The summed E-state index contributed by atoms with van der Waals surface area (Å²) in [5.41, 5.74) is 8.06. The van der Waals surface area contributed by atoms with Gasteiger partial charge in [0.2, 0.25) is 0 Å². The van der Waals surface area contributed by atoms with Crippen LogP contribution in [0.3, 0.4) is 0 Å². The van der Waals surface area contributed by atoms with Gasteiger partial charge in [-0.25, -0.2) is 0 Å². The highest BCUT2D eigenvalue weighted by Gasteiger charge is 2.14. The van der Waals surface area contributed by atoms with Crippen molar-refractivity contribution in [2.24, 2.45) is 5.73 Å². The molecular weight excluding hydrogens is 214 g/mol. The van der Waals surface area contributed by atoms with Gasteiger partial charge in [-0.15, -0.1) is 0 Å². The number of anilines is 2. The zero-order valence-corrected chi connectivity index (χ0v) is 10.4. The Hall–Kier alpha value is -1.26.